The van der Waals surface area contributed by atoms with Crippen molar-refractivity contribution < 1.29 is 8.42 Å². The van der Waals surface area contributed by atoms with Gasteiger partial charge in [-0.25, -0.2) is 8.42 Å². The van der Waals surface area contributed by atoms with Crippen LogP contribution in [0.25, 0.3) is 0 Å². The summed E-state index contributed by atoms with van der Waals surface area (Å²) in [5, 5.41) is 0. The molecule has 19 heavy (non-hydrogen) atoms. The molecule has 1 unspecified atom stereocenters. The third-order valence-electron chi connectivity index (χ3n) is 2.80. The van der Waals surface area contributed by atoms with E-state index >= 15 is 0 Å². The number of nitrogens with two attached hydrogens (primary N) is 1. The molecule has 0 aromatic heterocycles. The number of sulfone groups is 1. The lowest BCUT2D eigenvalue weighted by Crippen LogP contribution is -2.27. The highest BCUT2D eigenvalue weighted by molar-refractivity contribution is 9.10. The van der Waals surface area contributed by atoms with Crippen LogP contribution in [-0.2, 0) is 16.3 Å². The van der Waals surface area contributed by atoms with Crippen LogP contribution in [-0.4, -0.2) is 40.1 Å². The number of hydrogen-bond acceptors (Lipinski definition) is 4. The van der Waals surface area contributed by atoms with Gasteiger partial charge < -0.3 is 10.6 Å². The molecule has 0 aliphatic rings. The van der Waals surface area contributed by atoms with Gasteiger partial charge in [0.15, 0.2) is 0 Å². The molecule has 1 aromatic rings. The molecule has 1 atom stereocenters. The number of nitrogens with zero attached hydrogens (tertiary/aromatic N) is 1. The quantitative estimate of drug-likeness (QED) is 0.851. The van der Waals surface area contributed by atoms with Crippen molar-refractivity contribution in [1.29, 1.82) is 0 Å². The van der Waals surface area contributed by atoms with Crippen molar-refractivity contribution in [2.24, 2.45) is 5.73 Å². The number of halogens is 1. The maximum atomic E-state index is 11.2. The topological polar surface area (TPSA) is 63.4 Å². The molecule has 0 aliphatic carbocycles. The molecule has 0 saturated heterocycles. The monoisotopic (exact) mass is 348 g/mol. The molecule has 0 saturated carbocycles. The first kappa shape index (κ1) is 16.5. The fourth-order valence-electron chi connectivity index (χ4n) is 1.84. The van der Waals surface area contributed by atoms with E-state index in [2.05, 4.69) is 15.9 Å². The number of anilines is 1. The molecule has 0 fully saturated rings. The van der Waals surface area contributed by atoms with Gasteiger partial charge in [-0.3, -0.25) is 0 Å². The molecule has 2 N–H and O–H groups in total. The Bertz CT molecular complexity index is 529. The first-order chi connectivity index (χ1) is 8.69. The van der Waals surface area contributed by atoms with E-state index < -0.39 is 9.84 Å². The molecule has 0 aliphatic heterocycles. The molecule has 6 heteroatoms. The lowest BCUT2D eigenvalue weighted by molar-refractivity contribution is 0.601. The third-order valence-corrected chi connectivity index (χ3v) is 4.22. The van der Waals surface area contributed by atoms with E-state index in [1.165, 1.54) is 6.26 Å². The van der Waals surface area contributed by atoms with Gasteiger partial charge in [0.05, 0.1) is 5.75 Å². The number of hydrogen-bond donors (Lipinski definition) is 1. The van der Waals surface area contributed by atoms with Gasteiger partial charge in [0.2, 0.25) is 0 Å². The van der Waals surface area contributed by atoms with Crippen molar-refractivity contribution in [2.45, 2.75) is 19.4 Å². The van der Waals surface area contributed by atoms with Crippen molar-refractivity contribution in [1.82, 2.24) is 0 Å². The number of rotatable bonds is 6. The van der Waals surface area contributed by atoms with Crippen LogP contribution in [0.1, 0.15) is 12.5 Å². The van der Waals surface area contributed by atoms with E-state index in [1.54, 1.807) is 0 Å². The van der Waals surface area contributed by atoms with E-state index in [0.29, 0.717) is 6.54 Å². The summed E-state index contributed by atoms with van der Waals surface area (Å²) in [5.74, 6) is 0.146. The molecule has 4 nitrogen and oxygen atoms in total. The van der Waals surface area contributed by atoms with Crippen molar-refractivity contribution in [2.75, 3.05) is 30.5 Å². The predicted octanol–water partition coefficient (Wildman–Crippen LogP) is 1.82. The minimum atomic E-state index is -2.95. The molecule has 0 spiro atoms. The van der Waals surface area contributed by atoms with Crippen LogP contribution in [0.15, 0.2) is 22.7 Å². The van der Waals surface area contributed by atoms with Gasteiger partial charge in [-0.15, -0.1) is 0 Å². The molecule has 1 rings (SSSR count). The highest BCUT2D eigenvalue weighted by Crippen LogP contribution is 2.25. The Kier molecular flexibility index (Phi) is 5.82. The zero-order chi connectivity index (χ0) is 14.6. The fourth-order valence-corrected chi connectivity index (χ4v) is 2.79. The van der Waals surface area contributed by atoms with Gasteiger partial charge in [0.1, 0.15) is 9.84 Å². The van der Waals surface area contributed by atoms with Crippen LogP contribution < -0.4 is 10.6 Å². The Morgan fingerprint density at radius 1 is 1.42 bits per heavy atom. The minimum Gasteiger partial charge on any atom is -0.373 e. The minimum absolute atomic E-state index is 0.0724. The fraction of sp³-hybridized carbons (Fsp3) is 0.538. The first-order valence-electron chi connectivity index (χ1n) is 6.12. The van der Waals surface area contributed by atoms with Gasteiger partial charge >= 0.3 is 0 Å². The second kappa shape index (κ2) is 6.72. The van der Waals surface area contributed by atoms with Gasteiger partial charge in [-0.2, -0.15) is 0 Å². The molecular weight excluding hydrogens is 328 g/mol. The van der Waals surface area contributed by atoms with Crippen LogP contribution in [0, 0.1) is 0 Å². The van der Waals surface area contributed by atoms with E-state index in [0.717, 1.165) is 22.1 Å². The van der Waals surface area contributed by atoms with E-state index in [-0.39, 0.29) is 11.8 Å². The zero-order valence-corrected chi connectivity index (χ0v) is 14.0. The SMILES string of the molecule is CC(N)Cc1ccc(Br)cc1N(C)CCS(C)(=O)=O. The molecule has 0 amide bonds. The third kappa shape index (κ3) is 5.93. The highest BCUT2D eigenvalue weighted by atomic mass is 79.9. The molecular formula is C13H21BrN2O2S. The summed E-state index contributed by atoms with van der Waals surface area (Å²) in [6, 6.07) is 6.08. The Morgan fingerprint density at radius 2 is 2.05 bits per heavy atom. The van der Waals surface area contributed by atoms with Gasteiger partial charge in [-0.05, 0) is 31.0 Å². The van der Waals surface area contributed by atoms with Crippen molar-refractivity contribution in [3.63, 3.8) is 0 Å². The summed E-state index contributed by atoms with van der Waals surface area (Å²) in [6.45, 7) is 2.43. The first-order valence-corrected chi connectivity index (χ1v) is 8.97. The summed E-state index contributed by atoms with van der Waals surface area (Å²) >= 11 is 3.45. The Morgan fingerprint density at radius 3 is 2.58 bits per heavy atom. The largest absolute Gasteiger partial charge is 0.373 e. The highest BCUT2D eigenvalue weighted by Gasteiger charge is 2.12. The van der Waals surface area contributed by atoms with Crippen LogP contribution in [0.4, 0.5) is 5.69 Å². The van der Waals surface area contributed by atoms with E-state index in [1.807, 2.05) is 37.1 Å². The Balaban J connectivity index is 2.93. The van der Waals surface area contributed by atoms with Crippen molar-refractivity contribution in [3.8, 4) is 0 Å². The maximum absolute atomic E-state index is 11.2. The van der Waals surface area contributed by atoms with Crippen LogP contribution in [0.2, 0.25) is 0 Å². The Labute approximate surface area is 124 Å². The standard InChI is InChI=1S/C13H21BrN2O2S/c1-10(15)8-11-4-5-12(14)9-13(11)16(2)6-7-19(3,17)18/h4-5,9-10H,6-8,15H2,1-3H3. The summed E-state index contributed by atoms with van der Waals surface area (Å²) in [7, 11) is -1.05. The molecule has 1 aromatic carbocycles. The molecule has 108 valence electrons. The maximum Gasteiger partial charge on any atom is 0.149 e. The van der Waals surface area contributed by atoms with Crippen LogP contribution in [0.3, 0.4) is 0 Å². The summed E-state index contributed by atoms with van der Waals surface area (Å²) in [6.07, 6.45) is 2.02. The zero-order valence-electron chi connectivity index (χ0n) is 11.6. The Hall–Kier alpha value is -0.590. The van der Waals surface area contributed by atoms with E-state index in [9.17, 15) is 8.42 Å². The summed E-state index contributed by atoms with van der Waals surface area (Å²) in [4.78, 5) is 1.96. The van der Waals surface area contributed by atoms with Gasteiger partial charge in [0.25, 0.3) is 0 Å². The van der Waals surface area contributed by atoms with Crippen molar-refractivity contribution >= 4 is 31.5 Å². The summed E-state index contributed by atoms with van der Waals surface area (Å²) in [5.41, 5.74) is 8.01. The lowest BCUT2D eigenvalue weighted by atomic mass is 10.0. The average molecular weight is 349 g/mol. The van der Waals surface area contributed by atoms with Gasteiger partial charge in [0, 0.05) is 36.1 Å². The van der Waals surface area contributed by atoms with Crippen LogP contribution in [0.5, 0.6) is 0 Å². The second-order valence-corrected chi connectivity index (χ2v) is 8.18. The lowest BCUT2D eigenvalue weighted by Gasteiger charge is -2.23. The van der Waals surface area contributed by atoms with Gasteiger partial charge in [-0.1, -0.05) is 22.0 Å². The molecule has 0 radical (unpaired) electrons. The van der Waals surface area contributed by atoms with Crippen molar-refractivity contribution in [3.05, 3.63) is 28.2 Å². The summed E-state index contributed by atoms with van der Waals surface area (Å²) < 4.78 is 23.5. The second-order valence-electron chi connectivity index (χ2n) is 5.01. The predicted molar refractivity (Wildman–Crippen MR) is 84.5 cm³/mol. The average Bonchev–Trinajstić information content (AvgIpc) is 2.27. The van der Waals surface area contributed by atoms with Crippen LogP contribution >= 0.6 is 15.9 Å². The number of benzene rings is 1. The normalized spacial score (nSPS) is 13.3. The smallest absolute Gasteiger partial charge is 0.149 e. The molecule has 0 bridgehead atoms. The van der Waals surface area contributed by atoms with E-state index in [4.69, 9.17) is 5.73 Å². The molecule has 0 heterocycles.